The van der Waals surface area contributed by atoms with Gasteiger partial charge < -0.3 is 4.57 Å². The Labute approximate surface area is 607 Å². The minimum Gasteiger partial charge on any atom is -0.309 e. The van der Waals surface area contributed by atoms with Crippen LogP contribution >= 0.6 is 0 Å². The summed E-state index contributed by atoms with van der Waals surface area (Å²) in [6, 6.07) is 135. The molecule has 0 saturated heterocycles. The third-order valence-electron chi connectivity index (χ3n) is 20.2. The fraction of sp³-hybridized carbons (Fsp3) is 0. The highest BCUT2D eigenvalue weighted by atomic mass is 15.0. The van der Waals surface area contributed by atoms with E-state index in [9.17, 15) is 0 Å². The first kappa shape index (κ1) is 61.9. The van der Waals surface area contributed by atoms with E-state index in [2.05, 4.69) is 265 Å². The van der Waals surface area contributed by atoms with E-state index in [1.54, 1.807) is 0 Å². The lowest BCUT2D eigenvalue weighted by atomic mass is 9.89. The van der Waals surface area contributed by atoms with Crippen LogP contribution in [0.15, 0.2) is 382 Å². The highest BCUT2D eigenvalue weighted by Crippen LogP contribution is 2.43. The SMILES string of the molecule is c1ccc(-c2nc(-c3ccccc3)nc(-c3ccc(-c4ccc(-c5ccc(-n6c7ccccc7c7ccccc76)cc5)c5ccccc45)cc3)n2)cc1.c1ccc(-c2nc(-c3ccccc3)nc(-c3ccc(-c4cccc5c(-c6ccc7c8ccccc8c8ccccc8c7c6)cccc45)cc3)n2)cc1. The van der Waals surface area contributed by atoms with Gasteiger partial charge in [-0.2, -0.15) is 0 Å². The van der Waals surface area contributed by atoms with Crippen LogP contribution in [0.5, 0.6) is 0 Å². The Morgan fingerprint density at radius 2 is 0.381 bits per heavy atom. The van der Waals surface area contributed by atoms with Crippen LogP contribution in [0.1, 0.15) is 0 Å². The molecular formula is C98H63N7. The van der Waals surface area contributed by atoms with Gasteiger partial charge in [0.1, 0.15) is 0 Å². The predicted octanol–water partition coefficient (Wildman–Crippen LogP) is 25.3. The first-order chi connectivity index (χ1) is 52.1. The number of aromatic nitrogens is 7. The van der Waals surface area contributed by atoms with Gasteiger partial charge in [-0.05, 0) is 129 Å². The van der Waals surface area contributed by atoms with Crippen molar-refractivity contribution in [2.75, 3.05) is 0 Å². The van der Waals surface area contributed by atoms with Crippen LogP contribution in [0.2, 0.25) is 0 Å². The summed E-state index contributed by atoms with van der Waals surface area (Å²) >= 11 is 0. The van der Waals surface area contributed by atoms with Crippen molar-refractivity contribution in [3.05, 3.63) is 382 Å². The summed E-state index contributed by atoms with van der Waals surface area (Å²) in [5.74, 6) is 3.92. The Hall–Kier alpha value is -14.1. The zero-order valence-electron chi connectivity index (χ0n) is 57.0. The van der Waals surface area contributed by atoms with Crippen molar-refractivity contribution in [2.45, 2.75) is 0 Å². The number of benzene rings is 17. The molecule has 3 aromatic heterocycles. The normalized spacial score (nSPS) is 11.4. The standard InChI is InChI=1S/C49H32N4.C49H31N3/c1-3-13-35(14-4-1)47-50-48(36-15-5-2-6-16-36)52-49(51-47)37-25-23-33(24-26-37)39-31-32-40(42-18-8-7-17-41(39)42)34-27-29-38(30-28-34)53-45-21-11-9-19-43(45)44-20-10-12-22-46(44)53;1-3-13-33(14-4-1)47-50-48(34-15-5-2-6-16-34)52-49(51-47)35-27-25-32(26-28-35)37-21-11-24-40-38(22-12-23-39(37)40)36-29-30-45-43-19-8-7-17-41(43)42-18-9-10-20-44(42)46(45)31-36/h1-32H;1-31H. The Bertz CT molecular complexity index is 6460. The second-order valence-corrected chi connectivity index (χ2v) is 26.4. The van der Waals surface area contributed by atoms with Gasteiger partial charge in [0.25, 0.3) is 0 Å². The zero-order valence-corrected chi connectivity index (χ0v) is 57.0. The van der Waals surface area contributed by atoms with Gasteiger partial charge in [-0.25, -0.2) is 29.9 Å². The molecule has 105 heavy (non-hydrogen) atoms. The molecule has 0 saturated carbocycles. The van der Waals surface area contributed by atoms with E-state index in [1.807, 2.05) is 121 Å². The van der Waals surface area contributed by atoms with Crippen molar-refractivity contribution in [1.29, 1.82) is 0 Å². The van der Waals surface area contributed by atoms with Crippen molar-refractivity contribution >= 4 is 75.7 Å². The van der Waals surface area contributed by atoms with E-state index in [1.165, 1.54) is 109 Å². The molecule has 20 aromatic rings. The van der Waals surface area contributed by atoms with Crippen molar-refractivity contribution in [2.24, 2.45) is 0 Å². The first-order valence-corrected chi connectivity index (χ1v) is 35.5. The summed E-state index contributed by atoms with van der Waals surface area (Å²) < 4.78 is 2.36. The van der Waals surface area contributed by atoms with Crippen LogP contribution in [0.3, 0.4) is 0 Å². The summed E-state index contributed by atoms with van der Waals surface area (Å²) in [6.45, 7) is 0. The third-order valence-corrected chi connectivity index (χ3v) is 20.2. The maximum absolute atomic E-state index is 4.93. The molecule has 0 aliphatic heterocycles. The van der Waals surface area contributed by atoms with E-state index < -0.39 is 0 Å². The van der Waals surface area contributed by atoms with Gasteiger partial charge in [-0.3, -0.25) is 0 Å². The van der Waals surface area contributed by atoms with Gasteiger partial charge in [0.2, 0.25) is 0 Å². The maximum Gasteiger partial charge on any atom is 0.164 e. The molecule has 490 valence electrons. The Morgan fingerprint density at radius 3 is 0.743 bits per heavy atom. The Balaban J connectivity index is 0.000000144. The van der Waals surface area contributed by atoms with Gasteiger partial charge >= 0.3 is 0 Å². The summed E-state index contributed by atoms with van der Waals surface area (Å²) in [5, 5.41) is 15.1. The summed E-state index contributed by atoms with van der Waals surface area (Å²) in [4.78, 5) is 29.4. The molecule has 0 bridgehead atoms. The van der Waals surface area contributed by atoms with Crippen LogP contribution in [-0.4, -0.2) is 34.5 Å². The topological polar surface area (TPSA) is 82.3 Å². The minimum absolute atomic E-state index is 0.647. The fourth-order valence-corrected chi connectivity index (χ4v) is 15.2. The maximum atomic E-state index is 4.93. The molecule has 20 rings (SSSR count). The summed E-state index contributed by atoms with van der Waals surface area (Å²) in [6.07, 6.45) is 0. The van der Waals surface area contributed by atoms with E-state index in [4.69, 9.17) is 29.9 Å². The Morgan fingerprint density at radius 1 is 0.143 bits per heavy atom. The van der Waals surface area contributed by atoms with Crippen LogP contribution in [0.25, 0.3) is 194 Å². The highest BCUT2D eigenvalue weighted by molar-refractivity contribution is 6.26. The molecule has 17 aromatic carbocycles. The molecule has 0 N–H and O–H groups in total. The highest BCUT2D eigenvalue weighted by Gasteiger charge is 2.19. The molecule has 0 atom stereocenters. The first-order valence-electron chi connectivity index (χ1n) is 35.5. The molecule has 0 radical (unpaired) electrons. The molecule has 0 spiro atoms. The lowest BCUT2D eigenvalue weighted by Gasteiger charge is -2.14. The molecule has 0 unspecified atom stereocenters. The zero-order chi connectivity index (χ0) is 69.6. The smallest absolute Gasteiger partial charge is 0.164 e. The quantitative estimate of drug-likeness (QED) is 0.120. The minimum atomic E-state index is 0.647. The van der Waals surface area contributed by atoms with E-state index >= 15 is 0 Å². The van der Waals surface area contributed by atoms with Crippen LogP contribution in [0.4, 0.5) is 0 Å². The van der Waals surface area contributed by atoms with E-state index in [-0.39, 0.29) is 0 Å². The average Bonchev–Trinajstić information content (AvgIpc) is 1.71. The summed E-state index contributed by atoms with van der Waals surface area (Å²) in [7, 11) is 0. The van der Waals surface area contributed by atoms with Crippen molar-refractivity contribution < 1.29 is 0 Å². The molecule has 7 nitrogen and oxygen atoms in total. The van der Waals surface area contributed by atoms with Crippen LogP contribution in [-0.2, 0) is 0 Å². The number of rotatable bonds is 11. The number of nitrogens with zero attached hydrogens (tertiary/aromatic N) is 7. The number of hydrogen-bond donors (Lipinski definition) is 0. The molecular weight excluding hydrogens is 1280 g/mol. The van der Waals surface area contributed by atoms with Gasteiger partial charge in [0, 0.05) is 49.8 Å². The van der Waals surface area contributed by atoms with E-state index in [0.29, 0.717) is 34.9 Å². The van der Waals surface area contributed by atoms with Crippen molar-refractivity contribution in [3.63, 3.8) is 0 Å². The molecule has 0 fully saturated rings. The number of para-hydroxylation sites is 2. The van der Waals surface area contributed by atoms with Crippen molar-refractivity contribution in [3.8, 4) is 119 Å². The Kier molecular flexibility index (Phi) is 15.8. The molecule has 0 amide bonds. The average molecular weight is 1340 g/mol. The lowest BCUT2D eigenvalue weighted by Crippen LogP contribution is -2.00. The number of fused-ring (bicyclic) bond motifs is 11. The predicted molar refractivity (Wildman–Crippen MR) is 436 cm³/mol. The van der Waals surface area contributed by atoms with Crippen LogP contribution in [0, 0.1) is 0 Å². The second kappa shape index (κ2) is 26.8. The third kappa shape index (κ3) is 11.6. The van der Waals surface area contributed by atoms with Gasteiger partial charge in [0.15, 0.2) is 34.9 Å². The van der Waals surface area contributed by atoms with Gasteiger partial charge in [-0.15, -0.1) is 0 Å². The van der Waals surface area contributed by atoms with Crippen molar-refractivity contribution in [1.82, 2.24) is 34.5 Å². The largest absolute Gasteiger partial charge is 0.309 e. The molecule has 3 heterocycles. The summed E-state index contributed by atoms with van der Waals surface area (Å²) in [5.41, 5.74) is 18.8. The second-order valence-electron chi connectivity index (χ2n) is 26.4. The van der Waals surface area contributed by atoms with Gasteiger partial charge in [-0.1, -0.05) is 352 Å². The monoisotopic (exact) mass is 1340 g/mol. The lowest BCUT2D eigenvalue weighted by molar-refractivity contribution is 1.07. The van der Waals surface area contributed by atoms with Gasteiger partial charge in [0.05, 0.1) is 11.0 Å². The fourth-order valence-electron chi connectivity index (χ4n) is 15.2. The van der Waals surface area contributed by atoms with Crippen LogP contribution < -0.4 is 0 Å². The molecule has 0 aliphatic rings. The number of hydrogen-bond acceptors (Lipinski definition) is 6. The molecule has 7 heteroatoms. The van der Waals surface area contributed by atoms with E-state index in [0.717, 1.165) is 50.2 Å². The molecule has 0 aliphatic carbocycles.